The molecule has 0 spiro atoms. The summed E-state index contributed by atoms with van der Waals surface area (Å²) in [6.07, 6.45) is 2.28. The Bertz CT molecular complexity index is 530. The smallest absolute Gasteiger partial charge is 0.217 e. The van der Waals surface area contributed by atoms with Gasteiger partial charge in [-0.05, 0) is 44.0 Å². The second-order valence-corrected chi connectivity index (χ2v) is 5.31. The van der Waals surface area contributed by atoms with E-state index < -0.39 is 0 Å². The van der Waals surface area contributed by atoms with Crippen molar-refractivity contribution >= 4 is 5.91 Å². The van der Waals surface area contributed by atoms with Crippen LogP contribution >= 0.6 is 0 Å². The van der Waals surface area contributed by atoms with Crippen molar-refractivity contribution in [2.45, 2.75) is 25.8 Å². The van der Waals surface area contributed by atoms with Gasteiger partial charge >= 0.3 is 0 Å². The summed E-state index contributed by atoms with van der Waals surface area (Å²) in [5.41, 5.74) is 6.15. The van der Waals surface area contributed by atoms with Crippen LogP contribution in [0, 0.1) is 23.1 Å². The fourth-order valence-corrected chi connectivity index (χ4v) is 2.62. The summed E-state index contributed by atoms with van der Waals surface area (Å²) in [5, 5.41) is 8.71. The topological polar surface area (TPSA) is 70.1 Å². The normalized spacial score (nSPS) is 16.8. The van der Waals surface area contributed by atoms with Gasteiger partial charge in [0.05, 0.1) is 11.6 Å². The molecule has 0 aliphatic carbocycles. The first-order valence-corrected chi connectivity index (χ1v) is 6.77. The maximum absolute atomic E-state index is 13.8. The number of nitrogens with two attached hydrogens (primary N) is 1. The fraction of sp³-hybridized carbons (Fsp3) is 0.467. The molecular weight excluding hydrogens is 257 g/mol. The highest BCUT2D eigenvalue weighted by atomic mass is 19.1. The third-order valence-corrected chi connectivity index (χ3v) is 3.77. The molecule has 0 atom stereocenters. The van der Waals surface area contributed by atoms with E-state index in [0.717, 1.165) is 25.9 Å². The van der Waals surface area contributed by atoms with Crippen LogP contribution in [0.5, 0.6) is 0 Å². The molecule has 20 heavy (non-hydrogen) atoms. The first-order chi connectivity index (χ1) is 9.58. The molecule has 1 saturated heterocycles. The van der Waals surface area contributed by atoms with Crippen molar-refractivity contribution in [3.8, 4) is 6.07 Å². The molecule has 1 aromatic carbocycles. The third-order valence-electron chi connectivity index (χ3n) is 3.77. The summed E-state index contributed by atoms with van der Waals surface area (Å²) >= 11 is 0. The summed E-state index contributed by atoms with van der Waals surface area (Å²) in [5.74, 6) is -0.223. The predicted molar refractivity (Wildman–Crippen MR) is 72.9 cm³/mol. The van der Waals surface area contributed by atoms with Crippen molar-refractivity contribution in [1.82, 2.24) is 4.90 Å². The van der Waals surface area contributed by atoms with E-state index in [9.17, 15) is 9.18 Å². The molecule has 2 N–H and O–H groups in total. The lowest BCUT2D eigenvalue weighted by atomic mass is 9.93. The molecule has 1 heterocycles. The van der Waals surface area contributed by atoms with Gasteiger partial charge in [-0.3, -0.25) is 9.69 Å². The molecule has 5 heteroatoms. The molecular formula is C15H18FN3O. The highest BCUT2D eigenvalue weighted by Gasteiger charge is 2.21. The van der Waals surface area contributed by atoms with Gasteiger partial charge in [-0.1, -0.05) is 6.07 Å². The fourth-order valence-electron chi connectivity index (χ4n) is 2.62. The number of primary amides is 1. The number of hydrogen-bond donors (Lipinski definition) is 1. The van der Waals surface area contributed by atoms with E-state index in [1.54, 1.807) is 12.1 Å². The molecule has 1 fully saturated rings. The zero-order chi connectivity index (χ0) is 14.5. The lowest BCUT2D eigenvalue weighted by Gasteiger charge is -2.31. The molecule has 0 aromatic heterocycles. The number of carbonyl (C=O) groups is 1. The van der Waals surface area contributed by atoms with E-state index >= 15 is 0 Å². The van der Waals surface area contributed by atoms with Crippen molar-refractivity contribution < 1.29 is 9.18 Å². The van der Waals surface area contributed by atoms with E-state index in [2.05, 4.69) is 4.90 Å². The van der Waals surface area contributed by atoms with Crippen LogP contribution in [0.15, 0.2) is 18.2 Å². The molecule has 1 amide bonds. The van der Waals surface area contributed by atoms with E-state index in [1.807, 2.05) is 6.07 Å². The van der Waals surface area contributed by atoms with Crippen LogP contribution in [-0.4, -0.2) is 23.9 Å². The number of amides is 1. The minimum absolute atomic E-state index is 0.249. The van der Waals surface area contributed by atoms with Gasteiger partial charge in [-0.2, -0.15) is 5.26 Å². The number of rotatable bonds is 4. The second kappa shape index (κ2) is 6.49. The Morgan fingerprint density at radius 3 is 2.70 bits per heavy atom. The van der Waals surface area contributed by atoms with Crippen molar-refractivity contribution in [1.29, 1.82) is 5.26 Å². The summed E-state index contributed by atoms with van der Waals surface area (Å²) in [4.78, 5) is 13.0. The van der Waals surface area contributed by atoms with E-state index in [1.165, 1.54) is 6.07 Å². The van der Waals surface area contributed by atoms with Crippen LogP contribution in [0.2, 0.25) is 0 Å². The minimum atomic E-state index is -0.330. The van der Waals surface area contributed by atoms with Crippen LogP contribution in [0.3, 0.4) is 0 Å². The van der Waals surface area contributed by atoms with Crippen LogP contribution in [-0.2, 0) is 11.3 Å². The number of nitrogens with zero attached hydrogens (tertiary/aromatic N) is 2. The van der Waals surface area contributed by atoms with Crippen LogP contribution in [0.25, 0.3) is 0 Å². The van der Waals surface area contributed by atoms with Gasteiger partial charge in [0, 0.05) is 18.5 Å². The van der Waals surface area contributed by atoms with Gasteiger partial charge in [0.25, 0.3) is 0 Å². The predicted octanol–water partition coefficient (Wildman–Crippen LogP) is 1.78. The number of nitriles is 1. The average Bonchev–Trinajstić information content (AvgIpc) is 2.42. The zero-order valence-electron chi connectivity index (χ0n) is 11.3. The number of hydrogen-bond acceptors (Lipinski definition) is 3. The quantitative estimate of drug-likeness (QED) is 0.910. The molecule has 106 valence electrons. The monoisotopic (exact) mass is 275 g/mol. The second-order valence-electron chi connectivity index (χ2n) is 5.31. The molecule has 1 aromatic rings. The zero-order valence-corrected chi connectivity index (χ0v) is 11.3. The number of benzene rings is 1. The van der Waals surface area contributed by atoms with Crippen molar-refractivity contribution in [3.63, 3.8) is 0 Å². The van der Waals surface area contributed by atoms with Gasteiger partial charge < -0.3 is 5.73 Å². The summed E-state index contributed by atoms with van der Waals surface area (Å²) in [7, 11) is 0. The average molecular weight is 275 g/mol. The number of halogens is 1. The standard InChI is InChI=1S/C15H18FN3O/c16-14-7-12(9-17)1-2-13(14)10-19-5-3-11(4-6-19)8-15(18)20/h1-2,7,11H,3-6,8,10H2,(H2,18,20). The summed E-state index contributed by atoms with van der Waals surface area (Å²) < 4.78 is 13.8. The highest BCUT2D eigenvalue weighted by molar-refractivity contribution is 5.73. The first-order valence-electron chi connectivity index (χ1n) is 6.77. The Morgan fingerprint density at radius 2 is 2.15 bits per heavy atom. The molecule has 0 saturated carbocycles. The van der Waals surface area contributed by atoms with Crippen molar-refractivity contribution in [2.75, 3.05) is 13.1 Å². The highest BCUT2D eigenvalue weighted by Crippen LogP contribution is 2.22. The molecule has 4 nitrogen and oxygen atoms in total. The molecule has 0 bridgehead atoms. The number of likely N-dealkylation sites (tertiary alicyclic amines) is 1. The SMILES string of the molecule is N#Cc1ccc(CN2CCC(CC(N)=O)CC2)c(F)c1. The minimum Gasteiger partial charge on any atom is -0.370 e. The third kappa shape index (κ3) is 3.78. The molecule has 0 unspecified atom stereocenters. The Morgan fingerprint density at radius 1 is 1.45 bits per heavy atom. The van der Waals surface area contributed by atoms with Crippen LogP contribution < -0.4 is 5.73 Å². The molecule has 2 rings (SSSR count). The number of carbonyl (C=O) groups excluding carboxylic acids is 1. The number of piperidine rings is 1. The van der Waals surface area contributed by atoms with Crippen molar-refractivity contribution in [2.24, 2.45) is 11.7 Å². The van der Waals surface area contributed by atoms with Gasteiger partial charge in [0.15, 0.2) is 0 Å². The maximum Gasteiger partial charge on any atom is 0.217 e. The largest absolute Gasteiger partial charge is 0.370 e. The van der Waals surface area contributed by atoms with Crippen LogP contribution in [0.4, 0.5) is 4.39 Å². The summed E-state index contributed by atoms with van der Waals surface area (Å²) in [6.45, 7) is 2.23. The lowest BCUT2D eigenvalue weighted by Crippen LogP contribution is -2.34. The Labute approximate surface area is 118 Å². The van der Waals surface area contributed by atoms with Gasteiger partial charge in [0.2, 0.25) is 5.91 Å². The van der Waals surface area contributed by atoms with E-state index in [4.69, 9.17) is 11.0 Å². The Kier molecular flexibility index (Phi) is 4.70. The van der Waals surface area contributed by atoms with E-state index in [-0.39, 0.29) is 11.7 Å². The molecule has 0 radical (unpaired) electrons. The van der Waals surface area contributed by atoms with Crippen LogP contribution in [0.1, 0.15) is 30.4 Å². The first kappa shape index (κ1) is 14.5. The van der Waals surface area contributed by atoms with E-state index in [0.29, 0.717) is 30.0 Å². The van der Waals surface area contributed by atoms with Gasteiger partial charge in [-0.25, -0.2) is 4.39 Å². The summed E-state index contributed by atoms with van der Waals surface area (Å²) in [6, 6.07) is 6.51. The van der Waals surface area contributed by atoms with Gasteiger partial charge in [-0.15, -0.1) is 0 Å². The molecule has 1 aliphatic rings. The Balaban J connectivity index is 1.90. The molecule has 1 aliphatic heterocycles. The van der Waals surface area contributed by atoms with Gasteiger partial charge in [0.1, 0.15) is 5.82 Å². The lowest BCUT2D eigenvalue weighted by molar-refractivity contribution is -0.119. The Hall–Kier alpha value is -1.93. The van der Waals surface area contributed by atoms with Crippen molar-refractivity contribution in [3.05, 3.63) is 35.1 Å². The maximum atomic E-state index is 13.8.